The molecule has 11 nitrogen and oxygen atoms in total. The lowest BCUT2D eigenvalue weighted by Crippen LogP contribution is -2.31. The number of ether oxygens (including phenoxy) is 1. The molecule has 0 unspecified atom stereocenters. The quantitative estimate of drug-likeness (QED) is 0.505. The first-order chi connectivity index (χ1) is 15.3. The highest BCUT2D eigenvalue weighted by molar-refractivity contribution is 5.93. The first kappa shape index (κ1) is 22.5. The van der Waals surface area contributed by atoms with E-state index in [1.165, 1.54) is 33.4 Å². The molecule has 11 heteroatoms. The van der Waals surface area contributed by atoms with Crippen molar-refractivity contribution in [1.29, 1.82) is 5.26 Å². The van der Waals surface area contributed by atoms with Crippen molar-refractivity contribution in [3.05, 3.63) is 56.5 Å². The number of aryl methyl sites for hydroxylation is 2. The minimum atomic E-state index is -0.621. The van der Waals surface area contributed by atoms with Gasteiger partial charge in [0.2, 0.25) is 5.91 Å². The Balaban J connectivity index is 1.76. The van der Waals surface area contributed by atoms with Crippen LogP contribution in [0.3, 0.4) is 0 Å². The number of hydrogen-bond donors (Lipinski definition) is 2. The lowest BCUT2D eigenvalue weighted by atomic mass is 10.2. The van der Waals surface area contributed by atoms with Crippen molar-refractivity contribution in [2.75, 3.05) is 5.32 Å². The van der Waals surface area contributed by atoms with Gasteiger partial charge in [0.15, 0.2) is 11.2 Å². The topological polar surface area (TPSA) is 152 Å². The number of nitriles is 1. The van der Waals surface area contributed by atoms with Crippen molar-refractivity contribution in [3.8, 4) is 6.07 Å². The highest BCUT2D eigenvalue weighted by Crippen LogP contribution is 2.14. The van der Waals surface area contributed by atoms with Gasteiger partial charge in [0.05, 0.1) is 11.6 Å². The van der Waals surface area contributed by atoms with Gasteiger partial charge in [-0.3, -0.25) is 19.1 Å². The van der Waals surface area contributed by atoms with Crippen molar-refractivity contribution in [2.24, 2.45) is 7.05 Å². The Labute approximate surface area is 182 Å². The molecule has 2 aromatic heterocycles. The summed E-state index contributed by atoms with van der Waals surface area (Å²) in [6, 6.07) is 7.75. The van der Waals surface area contributed by atoms with Crippen LogP contribution in [-0.2, 0) is 29.7 Å². The molecule has 1 aromatic carbocycles. The van der Waals surface area contributed by atoms with Crippen LogP contribution in [0.5, 0.6) is 0 Å². The molecule has 32 heavy (non-hydrogen) atoms. The second-order valence-electron chi connectivity index (χ2n) is 7.06. The third-order valence-electron chi connectivity index (χ3n) is 4.82. The van der Waals surface area contributed by atoms with Gasteiger partial charge in [0.25, 0.3) is 5.56 Å². The summed E-state index contributed by atoms with van der Waals surface area (Å²) in [5.41, 5.74) is 0.0857. The maximum Gasteiger partial charge on any atom is 0.338 e. The summed E-state index contributed by atoms with van der Waals surface area (Å²) in [7, 11) is 1.61. The van der Waals surface area contributed by atoms with Crippen molar-refractivity contribution in [3.63, 3.8) is 0 Å². The molecule has 0 radical (unpaired) electrons. The number of nitrogens with zero attached hydrogens (tertiary/aromatic N) is 4. The molecule has 3 aromatic rings. The Hall–Kier alpha value is -4.20. The molecule has 0 saturated carbocycles. The number of fused-ring (bicyclic) bond motifs is 1. The van der Waals surface area contributed by atoms with Crippen LogP contribution in [0.1, 0.15) is 42.4 Å². The first-order valence-corrected chi connectivity index (χ1v) is 9.98. The summed E-state index contributed by atoms with van der Waals surface area (Å²) in [6.07, 6.45) is 1.34. The van der Waals surface area contributed by atoms with E-state index >= 15 is 0 Å². The molecular formula is C21H22N6O5. The number of H-pyrrole nitrogens is 1. The van der Waals surface area contributed by atoms with E-state index in [0.717, 1.165) is 12.8 Å². The molecular weight excluding hydrogens is 416 g/mol. The van der Waals surface area contributed by atoms with E-state index in [1.807, 2.05) is 6.92 Å². The van der Waals surface area contributed by atoms with E-state index < -0.39 is 23.1 Å². The minimum Gasteiger partial charge on any atom is -0.454 e. The van der Waals surface area contributed by atoms with E-state index in [-0.39, 0.29) is 29.8 Å². The zero-order chi connectivity index (χ0) is 23.3. The highest BCUT2D eigenvalue weighted by Gasteiger charge is 2.18. The fourth-order valence-electron chi connectivity index (χ4n) is 3.12. The van der Waals surface area contributed by atoms with Gasteiger partial charge >= 0.3 is 11.7 Å². The van der Waals surface area contributed by atoms with Gasteiger partial charge in [-0.1, -0.05) is 13.3 Å². The summed E-state index contributed by atoms with van der Waals surface area (Å²) in [5.74, 6) is -0.753. The maximum absolute atomic E-state index is 12.4. The highest BCUT2D eigenvalue weighted by atomic mass is 16.5. The number of nitrogens with one attached hydrogen (secondary N) is 2. The fraction of sp³-hybridized carbons (Fsp3) is 0.333. The first-order valence-electron chi connectivity index (χ1n) is 9.98. The molecule has 0 aliphatic carbocycles. The third-order valence-corrected chi connectivity index (χ3v) is 4.82. The fourth-order valence-corrected chi connectivity index (χ4v) is 3.12. The van der Waals surface area contributed by atoms with Crippen molar-refractivity contribution in [2.45, 2.75) is 39.3 Å². The number of amides is 1. The Kier molecular flexibility index (Phi) is 6.84. The van der Waals surface area contributed by atoms with Crippen LogP contribution in [0.25, 0.3) is 11.2 Å². The standard InChI is InChI=1S/C21H22N6O5/c1-3-4-11-27-18-17(19(29)25-21(27)31)26(2)15(24-18)12-32-20(30)13-5-7-14(8-6-13)23-16(28)9-10-22/h5-8H,3-4,9,11-12H2,1-2H3,(H,23,28)(H,25,29,31). The number of benzene rings is 1. The summed E-state index contributed by atoms with van der Waals surface area (Å²) in [4.78, 5) is 55.0. The van der Waals surface area contributed by atoms with Crippen molar-refractivity contribution < 1.29 is 14.3 Å². The molecule has 166 valence electrons. The summed E-state index contributed by atoms with van der Waals surface area (Å²) in [6.45, 7) is 2.20. The normalized spacial score (nSPS) is 10.7. The lowest BCUT2D eigenvalue weighted by molar-refractivity contribution is -0.115. The van der Waals surface area contributed by atoms with Gasteiger partial charge in [-0.25, -0.2) is 14.6 Å². The Morgan fingerprint density at radius 3 is 2.62 bits per heavy atom. The number of rotatable bonds is 8. The zero-order valence-electron chi connectivity index (χ0n) is 17.7. The Morgan fingerprint density at radius 2 is 1.97 bits per heavy atom. The number of carbonyl (C=O) groups is 2. The second kappa shape index (κ2) is 9.74. The van der Waals surface area contributed by atoms with Gasteiger partial charge in [0.1, 0.15) is 18.9 Å². The van der Waals surface area contributed by atoms with Crippen molar-refractivity contribution >= 4 is 28.7 Å². The molecule has 2 N–H and O–H groups in total. The number of esters is 1. The van der Waals surface area contributed by atoms with E-state index in [1.54, 1.807) is 13.1 Å². The summed E-state index contributed by atoms with van der Waals surface area (Å²) in [5, 5.41) is 11.0. The van der Waals surface area contributed by atoms with Crippen LogP contribution in [0, 0.1) is 11.3 Å². The molecule has 0 aliphatic rings. The largest absolute Gasteiger partial charge is 0.454 e. The number of anilines is 1. The predicted octanol–water partition coefficient (Wildman–Crippen LogP) is 1.43. The van der Waals surface area contributed by atoms with Gasteiger partial charge in [-0.15, -0.1) is 0 Å². The Morgan fingerprint density at radius 1 is 1.25 bits per heavy atom. The van der Waals surface area contributed by atoms with Gasteiger partial charge < -0.3 is 14.6 Å². The molecule has 0 fully saturated rings. The molecule has 0 bridgehead atoms. The summed E-state index contributed by atoms with van der Waals surface area (Å²) < 4.78 is 8.23. The number of aromatic amines is 1. The van der Waals surface area contributed by atoms with Crippen LogP contribution in [0.2, 0.25) is 0 Å². The third kappa shape index (κ3) is 4.75. The number of hydrogen-bond acceptors (Lipinski definition) is 7. The molecule has 0 saturated heterocycles. The van der Waals surface area contributed by atoms with Crippen LogP contribution < -0.4 is 16.6 Å². The van der Waals surface area contributed by atoms with E-state index in [9.17, 15) is 19.2 Å². The van der Waals surface area contributed by atoms with Gasteiger partial charge in [0, 0.05) is 19.3 Å². The van der Waals surface area contributed by atoms with E-state index in [4.69, 9.17) is 10.00 Å². The SMILES string of the molecule is CCCCn1c(=O)[nH]c(=O)c2c1nc(COC(=O)c1ccc(NC(=O)CC#N)cc1)n2C. The van der Waals surface area contributed by atoms with Crippen LogP contribution >= 0.6 is 0 Å². The average molecular weight is 438 g/mol. The number of imidazole rings is 1. The van der Waals surface area contributed by atoms with E-state index in [0.29, 0.717) is 18.1 Å². The maximum atomic E-state index is 12.4. The zero-order valence-corrected chi connectivity index (χ0v) is 17.7. The molecule has 0 atom stereocenters. The molecule has 0 spiro atoms. The Bertz CT molecular complexity index is 1310. The molecule has 2 heterocycles. The average Bonchev–Trinajstić information content (AvgIpc) is 3.09. The second-order valence-corrected chi connectivity index (χ2v) is 7.06. The van der Waals surface area contributed by atoms with E-state index in [2.05, 4.69) is 15.3 Å². The van der Waals surface area contributed by atoms with Crippen molar-refractivity contribution in [1.82, 2.24) is 19.1 Å². The molecule has 3 rings (SSSR count). The minimum absolute atomic E-state index is 0.202. The monoisotopic (exact) mass is 438 g/mol. The van der Waals surface area contributed by atoms with Crippen LogP contribution in [0.4, 0.5) is 5.69 Å². The van der Waals surface area contributed by atoms with Crippen LogP contribution in [0.15, 0.2) is 33.9 Å². The van der Waals surface area contributed by atoms with Gasteiger partial charge in [-0.05, 0) is 30.7 Å². The van der Waals surface area contributed by atoms with Gasteiger partial charge in [-0.2, -0.15) is 5.26 Å². The molecule has 0 aliphatic heterocycles. The summed E-state index contributed by atoms with van der Waals surface area (Å²) >= 11 is 0. The number of aromatic nitrogens is 4. The van der Waals surface area contributed by atoms with Crippen LogP contribution in [-0.4, -0.2) is 31.0 Å². The predicted molar refractivity (Wildman–Crippen MR) is 115 cm³/mol. The molecule has 1 amide bonds. The number of unbranched alkanes of at least 4 members (excludes halogenated alkanes) is 1. The smallest absolute Gasteiger partial charge is 0.338 e. The number of carbonyl (C=O) groups excluding carboxylic acids is 2. The lowest BCUT2D eigenvalue weighted by Gasteiger charge is -2.06.